The Morgan fingerprint density at radius 1 is 0.920 bits per heavy atom. The Hall–Kier alpha value is -2.55. The maximum atomic E-state index is 11.8. The molecule has 0 aliphatic rings. The van der Waals surface area contributed by atoms with Gasteiger partial charge in [0.15, 0.2) is 0 Å². The molecule has 0 atom stereocenters. The Labute approximate surface area is 150 Å². The summed E-state index contributed by atoms with van der Waals surface area (Å²) in [5, 5.41) is 5.10. The molecule has 0 bridgehead atoms. The van der Waals surface area contributed by atoms with Gasteiger partial charge in [0.2, 0.25) is 11.8 Å². The van der Waals surface area contributed by atoms with E-state index < -0.39 is 17.7 Å². The summed E-state index contributed by atoms with van der Waals surface area (Å²) in [4.78, 5) is 46.0. The molecule has 1 rings (SSSR count). The second kappa shape index (κ2) is 10.3. The highest BCUT2D eigenvalue weighted by Gasteiger charge is 2.15. The second-order valence-corrected chi connectivity index (χ2v) is 6.52. The van der Waals surface area contributed by atoms with Crippen LogP contribution in [0.4, 0.5) is 5.69 Å². The average Bonchev–Trinajstić information content (AvgIpc) is 2.54. The number of hydrazine groups is 1. The third kappa shape index (κ3) is 8.75. The molecular weight excluding hydrogens is 344 g/mol. The van der Waals surface area contributed by atoms with Gasteiger partial charge in [-0.15, -0.1) is 11.8 Å². The minimum Gasteiger partial charge on any atom is -0.346 e. The van der Waals surface area contributed by atoms with Gasteiger partial charge in [-0.1, -0.05) is 17.7 Å². The molecule has 8 nitrogen and oxygen atoms in total. The normalized spacial score (nSPS) is 10.1. The van der Waals surface area contributed by atoms with Crippen molar-refractivity contribution in [1.82, 2.24) is 16.2 Å². The number of benzene rings is 1. The van der Waals surface area contributed by atoms with Crippen molar-refractivity contribution in [2.24, 2.45) is 0 Å². The number of aryl methyl sites for hydroxylation is 1. The van der Waals surface area contributed by atoms with E-state index >= 15 is 0 Å². The van der Waals surface area contributed by atoms with Crippen LogP contribution in [0.1, 0.15) is 19.4 Å². The molecule has 0 saturated carbocycles. The van der Waals surface area contributed by atoms with Gasteiger partial charge in [-0.25, -0.2) is 0 Å². The molecular formula is C16H22N4O4S. The molecule has 4 N–H and O–H groups in total. The molecule has 0 aromatic heterocycles. The van der Waals surface area contributed by atoms with Crippen molar-refractivity contribution >= 4 is 41.1 Å². The summed E-state index contributed by atoms with van der Waals surface area (Å²) < 4.78 is 0. The van der Waals surface area contributed by atoms with E-state index in [9.17, 15) is 19.2 Å². The van der Waals surface area contributed by atoms with Gasteiger partial charge in [-0.2, -0.15) is 0 Å². The van der Waals surface area contributed by atoms with E-state index in [-0.39, 0.29) is 23.5 Å². The van der Waals surface area contributed by atoms with E-state index in [0.29, 0.717) is 5.69 Å². The topological polar surface area (TPSA) is 116 Å². The fourth-order valence-corrected chi connectivity index (χ4v) is 2.23. The molecule has 0 fully saturated rings. The summed E-state index contributed by atoms with van der Waals surface area (Å²) >= 11 is 1.09. The zero-order valence-corrected chi connectivity index (χ0v) is 15.2. The number of hydrogen-bond acceptors (Lipinski definition) is 5. The number of nitrogens with one attached hydrogen (secondary N) is 4. The molecule has 0 heterocycles. The first-order valence-corrected chi connectivity index (χ1v) is 8.77. The molecule has 0 radical (unpaired) electrons. The summed E-state index contributed by atoms with van der Waals surface area (Å²) in [7, 11) is 0. The van der Waals surface area contributed by atoms with Crippen molar-refractivity contribution in [1.29, 1.82) is 0 Å². The second-order valence-electron chi connectivity index (χ2n) is 5.54. The van der Waals surface area contributed by atoms with E-state index in [1.54, 1.807) is 26.0 Å². The number of rotatable bonds is 6. The number of amides is 4. The van der Waals surface area contributed by atoms with Gasteiger partial charge in [-0.05, 0) is 32.9 Å². The van der Waals surface area contributed by atoms with Gasteiger partial charge in [0.25, 0.3) is 0 Å². The molecule has 4 amide bonds. The third-order valence-electron chi connectivity index (χ3n) is 2.74. The minimum absolute atomic E-state index is 0.0343. The lowest BCUT2D eigenvalue weighted by Crippen LogP contribution is -2.50. The van der Waals surface area contributed by atoms with Gasteiger partial charge in [-0.3, -0.25) is 30.0 Å². The van der Waals surface area contributed by atoms with Gasteiger partial charge in [0, 0.05) is 11.7 Å². The van der Waals surface area contributed by atoms with Gasteiger partial charge >= 0.3 is 11.8 Å². The predicted molar refractivity (Wildman–Crippen MR) is 96.7 cm³/mol. The van der Waals surface area contributed by atoms with E-state index in [0.717, 1.165) is 17.3 Å². The SMILES string of the molecule is Cc1ccc(NC(=O)CSCC(=O)NNC(=O)C(=O)NC(C)C)cc1. The number of carbonyl (C=O) groups excluding carboxylic acids is 4. The van der Waals surface area contributed by atoms with Crippen LogP contribution in [-0.4, -0.2) is 41.2 Å². The molecule has 9 heteroatoms. The van der Waals surface area contributed by atoms with Gasteiger partial charge in [0.1, 0.15) is 0 Å². The van der Waals surface area contributed by atoms with Crippen LogP contribution in [0.5, 0.6) is 0 Å². The fourth-order valence-electron chi connectivity index (χ4n) is 1.62. The standard InChI is InChI=1S/C16H22N4O4S/c1-10(2)17-15(23)16(24)20-19-14(22)9-25-8-13(21)18-12-6-4-11(3)5-7-12/h4-7,10H,8-9H2,1-3H3,(H,17,23)(H,18,21)(H,19,22)(H,20,24). The Morgan fingerprint density at radius 2 is 1.52 bits per heavy atom. The van der Waals surface area contributed by atoms with E-state index in [2.05, 4.69) is 16.1 Å². The van der Waals surface area contributed by atoms with Crippen LogP contribution in [0.3, 0.4) is 0 Å². The van der Waals surface area contributed by atoms with Crippen LogP contribution in [0.2, 0.25) is 0 Å². The highest BCUT2D eigenvalue weighted by atomic mass is 32.2. The summed E-state index contributed by atoms with van der Waals surface area (Å²) in [6.07, 6.45) is 0. The molecule has 136 valence electrons. The smallest absolute Gasteiger partial charge is 0.327 e. The first kappa shape index (κ1) is 20.5. The first-order valence-electron chi connectivity index (χ1n) is 7.62. The summed E-state index contributed by atoms with van der Waals surface area (Å²) in [6, 6.07) is 7.17. The maximum Gasteiger partial charge on any atom is 0.327 e. The molecule has 25 heavy (non-hydrogen) atoms. The molecule has 0 unspecified atom stereocenters. The van der Waals surface area contributed by atoms with Crippen molar-refractivity contribution in [2.75, 3.05) is 16.8 Å². The zero-order chi connectivity index (χ0) is 18.8. The van der Waals surface area contributed by atoms with Crippen LogP contribution in [0.25, 0.3) is 0 Å². The highest BCUT2D eigenvalue weighted by Crippen LogP contribution is 2.09. The van der Waals surface area contributed by atoms with E-state index in [1.165, 1.54) is 0 Å². The summed E-state index contributed by atoms with van der Waals surface area (Å²) in [5.41, 5.74) is 5.90. The van der Waals surface area contributed by atoms with Crippen LogP contribution in [-0.2, 0) is 19.2 Å². The van der Waals surface area contributed by atoms with Gasteiger partial charge in [0.05, 0.1) is 11.5 Å². The van der Waals surface area contributed by atoms with Crippen molar-refractivity contribution in [3.8, 4) is 0 Å². The molecule has 0 aliphatic carbocycles. The fraction of sp³-hybridized carbons (Fsp3) is 0.375. The van der Waals surface area contributed by atoms with Crippen molar-refractivity contribution in [2.45, 2.75) is 26.8 Å². The predicted octanol–water partition coefficient (Wildman–Crippen LogP) is 0.339. The summed E-state index contributed by atoms with van der Waals surface area (Å²) in [6.45, 7) is 5.37. The zero-order valence-electron chi connectivity index (χ0n) is 14.3. The Bertz CT molecular complexity index is 632. The summed E-state index contributed by atoms with van der Waals surface area (Å²) in [5.74, 6) is -2.48. The molecule has 0 saturated heterocycles. The number of anilines is 1. The largest absolute Gasteiger partial charge is 0.346 e. The van der Waals surface area contributed by atoms with E-state index in [1.807, 2.05) is 24.5 Å². The lowest BCUT2D eigenvalue weighted by atomic mass is 10.2. The molecule has 1 aromatic rings. The Morgan fingerprint density at radius 3 is 2.12 bits per heavy atom. The first-order chi connectivity index (χ1) is 11.8. The van der Waals surface area contributed by atoms with Crippen molar-refractivity contribution < 1.29 is 19.2 Å². The average molecular weight is 366 g/mol. The lowest BCUT2D eigenvalue weighted by Gasteiger charge is -2.09. The van der Waals surface area contributed by atoms with Crippen LogP contribution in [0.15, 0.2) is 24.3 Å². The maximum absolute atomic E-state index is 11.8. The minimum atomic E-state index is -0.954. The lowest BCUT2D eigenvalue weighted by molar-refractivity contribution is -0.141. The molecule has 0 aliphatic heterocycles. The van der Waals surface area contributed by atoms with Crippen molar-refractivity contribution in [3.05, 3.63) is 29.8 Å². The monoisotopic (exact) mass is 366 g/mol. The van der Waals surface area contributed by atoms with E-state index in [4.69, 9.17) is 0 Å². The number of thioether (sulfide) groups is 1. The van der Waals surface area contributed by atoms with Crippen LogP contribution >= 0.6 is 11.8 Å². The number of carbonyl (C=O) groups is 4. The molecule has 0 spiro atoms. The van der Waals surface area contributed by atoms with Crippen LogP contribution in [0, 0.1) is 6.92 Å². The van der Waals surface area contributed by atoms with Crippen LogP contribution < -0.4 is 21.5 Å². The Balaban J connectivity index is 2.21. The molecule has 1 aromatic carbocycles. The highest BCUT2D eigenvalue weighted by molar-refractivity contribution is 8.00. The Kier molecular flexibility index (Phi) is 8.48. The van der Waals surface area contributed by atoms with Crippen molar-refractivity contribution in [3.63, 3.8) is 0 Å². The number of hydrogen-bond donors (Lipinski definition) is 4. The van der Waals surface area contributed by atoms with Gasteiger partial charge < -0.3 is 10.6 Å². The third-order valence-corrected chi connectivity index (χ3v) is 3.68. The quantitative estimate of drug-likeness (QED) is 0.428.